The van der Waals surface area contributed by atoms with Crippen LogP contribution in [0.25, 0.3) is 0 Å². The van der Waals surface area contributed by atoms with E-state index in [4.69, 9.17) is 4.74 Å². The molecule has 3 rings (SSSR count). The van der Waals surface area contributed by atoms with Gasteiger partial charge in [0.1, 0.15) is 23.2 Å². The van der Waals surface area contributed by atoms with Crippen molar-refractivity contribution in [2.24, 2.45) is 0 Å². The summed E-state index contributed by atoms with van der Waals surface area (Å²) in [6, 6.07) is 5.99. The Hall–Kier alpha value is -1.50. The van der Waals surface area contributed by atoms with E-state index < -0.39 is 0 Å². The number of thiazole rings is 1. The molecule has 0 spiro atoms. The van der Waals surface area contributed by atoms with Crippen molar-refractivity contribution < 1.29 is 14.2 Å². The van der Waals surface area contributed by atoms with Gasteiger partial charge in [0.05, 0.1) is 11.8 Å². The monoisotopic (exact) mass is 322 g/mol. The van der Waals surface area contributed by atoms with Crippen LogP contribution in [-0.4, -0.2) is 34.2 Å². The van der Waals surface area contributed by atoms with Crippen molar-refractivity contribution in [3.63, 3.8) is 0 Å². The van der Waals surface area contributed by atoms with Crippen LogP contribution in [0, 0.1) is 5.82 Å². The van der Waals surface area contributed by atoms with Gasteiger partial charge in [-0.15, -0.1) is 11.3 Å². The number of hydrogen-bond donors (Lipinski definition) is 1. The van der Waals surface area contributed by atoms with E-state index in [1.807, 2.05) is 5.38 Å². The van der Waals surface area contributed by atoms with E-state index >= 15 is 0 Å². The molecule has 1 aliphatic heterocycles. The number of hydrogen-bond acceptors (Lipinski definition) is 5. The first-order valence-electron chi connectivity index (χ1n) is 7.41. The molecule has 0 aliphatic carbocycles. The highest BCUT2D eigenvalue weighted by molar-refractivity contribution is 7.09. The van der Waals surface area contributed by atoms with E-state index in [-0.39, 0.29) is 11.9 Å². The second-order valence-corrected chi connectivity index (χ2v) is 6.43. The summed E-state index contributed by atoms with van der Waals surface area (Å²) in [4.78, 5) is 6.88. The summed E-state index contributed by atoms with van der Waals surface area (Å²) < 4.78 is 18.4. The Kier molecular flexibility index (Phi) is 5.02. The summed E-state index contributed by atoms with van der Waals surface area (Å²) in [5.74, 6) is 0.374. The number of rotatable bonds is 5. The van der Waals surface area contributed by atoms with Gasteiger partial charge in [-0.1, -0.05) is 0 Å². The van der Waals surface area contributed by atoms with Gasteiger partial charge in [0.2, 0.25) is 0 Å². The Balaban J connectivity index is 1.49. The number of nitrogens with zero attached hydrogens (tertiary/aromatic N) is 2. The van der Waals surface area contributed by atoms with Gasteiger partial charge in [0.25, 0.3) is 0 Å². The summed E-state index contributed by atoms with van der Waals surface area (Å²) in [6.45, 7) is 3.05. The molecule has 1 saturated heterocycles. The van der Waals surface area contributed by atoms with Crippen LogP contribution in [0.5, 0.6) is 5.75 Å². The number of aliphatic hydroxyl groups is 1. The highest BCUT2D eigenvalue weighted by Crippen LogP contribution is 2.18. The number of piperidine rings is 1. The van der Waals surface area contributed by atoms with Crippen LogP contribution in [0.4, 0.5) is 4.39 Å². The Labute approximate surface area is 133 Å². The standard InChI is InChI=1S/C16H19FN2O2S/c17-12-1-3-15(4-2-12)21-10-16-18-13(11-22-16)9-19-7-5-14(20)6-8-19/h1-4,11,14,20H,5-10H2. The third kappa shape index (κ3) is 4.25. The fourth-order valence-electron chi connectivity index (χ4n) is 2.47. The maximum Gasteiger partial charge on any atom is 0.140 e. The van der Waals surface area contributed by atoms with Crippen LogP contribution in [0.1, 0.15) is 23.5 Å². The molecule has 1 aromatic heterocycles. The summed E-state index contributed by atoms with van der Waals surface area (Å²) in [5, 5.41) is 12.5. The number of aliphatic hydroxyl groups excluding tert-OH is 1. The Morgan fingerprint density at radius 1 is 1.27 bits per heavy atom. The topological polar surface area (TPSA) is 45.6 Å². The van der Waals surface area contributed by atoms with E-state index in [0.29, 0.717) is 12.4 Å². The van der Waals surface area contributed by atoms with Crippen molar-refractivity contribution in [1.82, 2.24) is 9.88 Å². The van der Waals surface area contributed by atoms with E-state index in [0.717, 1.165) is 43.2 Å². The average molecular weight is 322 g/mol. The van der Waals surface area contributed by atoms with Gasteiger partial charge in [-0.2, -0.15) is 0 Å². The predicted molar refractivity (Wildman–Crippen MR) is 83.4 cm³/mol. The SMILES string of the molecule is OC1CCN(Cc2csc(COc3ccc(F)cc3)n2)CC1. The lowest BCUT2D eigenvalue weighted by atomic mass is 10.1. The van der Waals surface area contributed by atoms with Crippen molar-refractivity contribution in [2.75, 3.05) is 13.1 Å². The molecule has 118 valence electrons. The zero-order valence-corrected chi connectivity index (χ0v) is 13.1. The van der Waals surface area contributed by atoms with Gasteiger partial charge in [0.15, 0.2) is 0 Å². The zero-order valence-electron chi connectivity index (χ0n) is 12.2. The fourth-order valence-corrected chi connectivity index (χ4v) is 3.17. The average Bonchev–Trinajstić information content (AvgIpc) is 2.97. The maximum absolute atomic E-state index is 12.8. The van der Waals surface area contributed by atoms with Gasteiger partial charge >= 0.3 is 0 Å². The molecule has 0 atom stereocenters. The third-order valence-corrected chi connectivity index (χ3v) is 4.59. The lowest BCUT2D eigenvalue weighted by molar-refractivity contribution is 0.0787. The first kappa shape index (κ1) is 15.4. The van der Waals surface area contributed by atoms with E-state index in [2.05, 4.69) is 9.88 Å². The molecule has 6 heteroatoms. The number of halogens is 1. The molecular weight excluding hydrogens is 303 g/mol. The first-order chi connectivity index (χ1) is 10.7. The minimum absolute atomic E-state index is 0.147. The predicted octanol–water partition coefficient (Wildman–Crippen LogP) is 2.82. The highest BCUT2D eigenvalue weighted by Gasteiger charge is 2.17. The summed E-state index contributed by atoms with van der Waals surface area (Å²) >= 11 is 1.57. The first-order valence-corrected chi connectivity index (χ1v) is 8.29. The van der Waals surface area contributed by atoms with E-state index in [1.165, 1.54) is 12.1 Å². The smallest absolute Gasteiger partial charge is 0.140 e. The van der Waals surface area contributed by atoms with Crippen molar-refractivity contribution in [1.29, 1.82) is 0 Å². The minimum atomic E-state index is -0.268. The van der Waals surface area contributed by atoms with Gasteiger partial charge in [-0.3, -0.25) is 4.90 Å². The molecule has 0 unspecified atom stereocenters. The molecule has 1 fully saturated rings. The lowest BCUT2D eigenvalue weighted by Crippen LogP contribution is -2.35. The van der Waals surface area contributed by atoms with Gasteiger partial charge in [-0.25, -0.2) is 9.37 Å². The lowest BCUT2D eigenvalue weighted by Gasteiger charge is -2.28. The molecular formula is C16H19FN2O2S. The summed E-state index contributed by atoms with van der Waals surface area (Å²) in [6.07, 6.45) is 1.53. The van der Waals surface area contributed by atoms with Crippen LogP contribution in [0.15, 0.2) is 29.6 Å². The highest BCUT2D eigenvalue weighted by atomic mass is 32.1. The number of ether oxygens (including phenoxy) is 1. The normalized spacial score (nSPS) is 16.8. The second kappa shape index (κ2) is 7.17. The van der Waals surface area contributed by atoms with Gasteiger partial charge < -0.3 is 9.84 Å². The third-order valence-electron chi connectivity index (χ3n) is 3.72. The fraction of sp³-hybridized carbons (Fsp3) is 0.438. The van der Waals surface area contributed by atoms with Crippen molar-refractivity contribution >= 4 is 11.3 Å². The van der Waals surface area contributed by atoms with Crippen LogP contribution >= 0.6 is 11.3 Å². The number of benzene rings is 1. The van der Waals surface area contributed by atoms with Crippen LogP contribution in [0.3, 0.4) is 0 Å². The second-order valence-electron chi connectivity index (χ2n) is 5.48. The van der Waals surface area contributed by atoms with Crippen molar-refractivity contribution in [3.05, 3.63) is 46.2 Å². The molecule has 0 amide bonds. The largest absolute Gasteiger partial charge is 0.486 e. The quantitative estimate of drug-likeness (QED) is 0.919. The molecule has 22 heavy (non-hydrogen) atoms. The molecule has 2 heterocycles. The summed E-state index contributed by atoms with van der Waals surface area (Å²) in [7, 11) is 0. The number of aromatic nitrogens is 1. The van der Waals surface area contributed by atoms with Crippen LogP contribution < -0.4 is 4.74 Å². The molecule has 0 radical (unpaired) electrons. The van der Waals surface area contributed by atoms with E-state index in [1.54, 1.807) is 23.5 Å². The molecule has 0 bridgehead atoms. The molecule has 0 saturated carbocycles. The van der Waals surface area contributed by atoms with Gasteiger partial charge in [-0.05, 0) is 37.1 Å². The number of likely N-dealkylation sites (tertiary alicyclic amines) is 1. The van der Waals surface area contributed by atoms with E-state index in [9.17, 15) is 9.50 Å². The maximum atomic E-state index is 12.8. The Morgan fingerprint density at radius 2 is 2.00 bits per heavy atom. The molecule has 1 aliphatic rings. The van der Waals surface area contributed by atoms with Crippen molar-refractivity contribution in [2.45, 2.75) is 32.1 Å². The van der Waals surface area contributed by atoms with Crippen molar-refractivity contribution in [3.8, 4) is 5.75 Å². The Morgan fingerprint density at radius 3 is 2.73 bits per heavy atom. The summed E-state index contributed by atoms with van der Waals surface area (Å²) in [5.41, 5.74) is 1.04. The Bertz CT molecular complexity index is 594. The molecule has 1 N–H and O–H groups in total. The van der Waals surface area contributed by atoms with Crippen LogP contribution in [-0.2, 0) is 13.2 Å². The van der Waals surface area contributed by atoms with Crippen LogP contribution in [0.2, 0.25) is 0 Å². The molecule has 4 nitrogen and oxygen atoms in total. The zero-order chi connectivity index (χ0) is 15.4. The van der Waals surface area contributed by atoms with Gasteiger partial charge in [0, 0.05) is 25.0 Å². The molecule has 2 aromatic rings. The minimum Gasteiger partial charge on any atom is -0.486 e. The molecule has 1 aromatic carbocycles.